The molecule has 0 atom stereocenters. The Morgan fingerprint density at radius 1 is 1.11 bits per heavy atom. The fraction of sp³-hybridized carbons (Fsp3) is 0.533. The number of aryl methyl sites for hydroxylation is 1. The Kier molecular flexibility index (Phi) is 6.26. The van der Waals surface area contributed by atoms with Crippen LogP contribution >= 0.6 is 0 Å². The first kappa shape index (κ1) is 14.6. The SMILES string of the molecule is CCCN(CCC)C(=O)COc1ccc(C)cc1. The summed E-state index contributed by atoms with van der Waals surface area (Å²) < 4.78 is 5.51. The third-order valence-electron chi connectivity index (χ3n) is 2.72. The van der Waals surface area contributed by atoms with Crippen molar-refractivity contribution in [3.05, 3.63) is 29.8 Å². The topological polar surface area (TPSA) is 29.5 Å². The molecule has 0 fully saturated rings. The average Bonchev–Trinajstić information content (AvgIpc) is 2.37. The van der Waals surface area contributed by atoms with Gasteiger partial charge in [0.1, 0.15) is 5.75 Å². The fourth-order valence-corrected chi connectivity index (χ4v) is 1.77. The first-order chi connectivity index (χ1) is 8.67. The van der Waals surface area contributed by atoms with Gasteiger partial charge < -0.3 is 9.64 Å². The van der Waals surface area contributed by atoms with Gasteiger partial charge in [-0.2, -0.15) is 0 Å². The quantitative estimate of drug-likeness (QED) is 0.743. The van der Waals surface area contributed by atoms with Crippen molar-refractivity contribution in [2.24, 2.45) is 0 Å². The molecule has 1 aromatic carbocycles. The number of carbonyl (C=O) groups is 1. The molecule has 0 aliphatic heterocycles. The summed E-state index contributed by atoms with van der Waals surface area (Å²) in [6, 6.07) is 7.75. The van der Waals surface area contributed by atoms with E-state index in [9.17, 15) is 4.79 Å². The van der Waals surface area contributed by atoms with Crippen LogP contribution in [0.4, 0.5) is 0 Å². The molecule has 0 N–H and O–H groups in total. The van der Waals surface area contributed by atoms with Crippen molar-refractivity contribution in [1.29, 1.82) is 0 Å². The Morgan fingerprint density at radius 2 is 1.67 bits per heavy atom. The zero-order chi connectivity index (χ0) is 13.4. The van der Waals surface area contributed by atoms with Gasteiger partial charge in [-0.15, -0.1) is 0 Å². The van der Waals surface area contributed by atoms with Crippen LogP contribution in [-0.2, 0) is 4.79 Å². The van der Waals surface area contributed by atoms with Crippen LogP contribution in [-0.4, -0.2) is 30.5 Å². The zero-order valence-corrected chi connectivity index (χ0v) is 11.6. The molecule has 0 bridgehead atoms. The van der Waals surface area contributed by atoms with Gasteiger partial charge in [0.15, 0.2) is 6.61 Å². The molecule has 1 rings (SSSR count). The highest BCUT2D eigenvalue weighted by Crippen LogP contribution is 2.11. The zero-order valence-electron chi connectivity index (χ0n) is 11.6. The monoisotopic (exact) mass is 249 g/mol. The van der Waals surface area contributed by atoms with E-state index in [1.165, 1.54) is 5.56 Å². The fourth-order valence-electron chi connectivity index (χ4n) is 1.77. The molecular weight excluding hydrogens is 226 g/mol. The number of nitrogens with zero attached hydrogens (tertiary/aromatic N) is 1. The van der Waals surface area contributed by atoms with Crippen molar-refractivity contribution in [2.45, 2.75) is 33.6 Å². The predicted octanol–water partition coefficient (Wildman–Crippen LogP) is 3.02. The molecule has 0 aliphatic rings. The maximum absolute atomic E-state index is 12.0. The van der Waals surface area contributed by atoms with Crippen molar-refractivity contribution in [3.63, 3.8) is 0 Å². The lowest BCUT2D eigenvalue weighted by Gasteiger charge is -2.21. The van der Waals surface area contributed by atoms with E-state index >= 15 is 0 Å². The molecule has 0 saturated carbocycles. The van der Waals surface area contributed by atoms with Gasteiger partial charge in [-0.25, -0.2) is 0 Å². The number of hydrogen-bond acceptors (Lipinski definition) is 2. The number of rotatable bonds is 7. The maximum Gasteiger partial charge on any atom is 0.260 e. The lowest BCUT2D eigenvalue weighted by molar-refractivity contribution is -0.133. The highest BCUT2D eigenvalue weighted by molar-refractivity contribution is 5.77. The van der Waals surface area contributed by atoms with E-state index in [1.54, 1.807) is 0 Å². The highest BCUT2D eigenvalue weighted by Gasteiger charge is 2.12. The molecule has 1 aromatic rings. The third kappa shape index (κ3) is 4.78. The molecule has 1 amide bonds. The molecule has 3 heteroatoms. The second-order valence-corrected chi connectivity index (χ2v) is 4.48. The summed E-state index contributed by atoms with van der Waals surface area (Å²) in [6.45, 7) is 7.93. The Balaban J connectivity index is 2.45. The second kappa shape index (κ2) is 7.75. The van der Waals surface area contributed by atoms with Crippen LogP contribution in [0.3, 0.4) is 0 Å². The molecule has 100 valence electrons. The summed E-state index contributed by atoms with van der Waals surface area (Å²) in [7, 11) is 0. The van der Waals surface area contributed by atoms with Crippen LogP contribution in [0.2, 0.25) is 0 Å². The first-order valence-corrected chi connectivity index (χ1v) is 6.64. The smallest absolute Gasteiger partial charge is 0.260 e. The van der Waals surface area contributed by atoms with Gasteiger partial charge in [-0.05, 0) is 31.9 Å². The van der Waals surface area contributed by atoms with Gasteiger partial charge in [0.25, 0.3) is 5.91 Å². The van der Waals surface area contributed by atoms with Crippen LogP contribution in [0.15, 0.2) is 24.3 Å². The minimum atomic E-state index is 0.0688. The van der Waals surface area contributed by atoms with E-state index in [-0.39, 0.29) is 12.5 Å². The first-order valence-electron chi connectivity index (χ1n) is 6.64. The molecule has 0 aliphatic carbocycles. The number of ether oxygens (including phenoxy) is 1. The van der Waals surface area contributed by atoms with E-state index in [2.05, 4.69) is 13.8 Å². The number of benzene rings is 1. The Labute approximate surface area is 110 Å². The van der Waals surface area contributed by atoms with Crippen LogP contribution < -0.4 is 4.74 Å². The minimum Gasteiger partial charge on any atom is -0.484 e. The van der Waals surface area contributed by atoms with E-state index in [0.717, 1.165) is 31.7 Å². The molecular formula is C15H23NO2. The molecule has 0 aromatic heterocycles. The molecule has 0 saturated heterocycles. The van der Waals surface area contributed by atoms with Crippen LogP contribution in [0.5, 0.6) is 5.75 Å². The van der Waals surface area contributed by atoms with Crippen molar-refractivity contribution < 1.29 is 9.53 Å². The van der Waals surface area contributed by atoms with Crippen LogP contribution in [0.25, 0.3) is 0 Å². The van der Waals surface area contributed by atoms with Crippen molar-refractivity contribution in [1.82, 2.24) is 4.90 Å². The number of amides is 1. The Morgan fingerprint density at radius 3 is 2.17 bits per heavy atom. The molecule has 0 unspecified atom stereocenters. The summed E-state index contributed by atoms with van der Waals surface area (Å²) in [6.07, 6.45) is 1.96. The third-order valence-corrected chi connectivity index (χ3v) is 2.72. The second-order valence-electron chi connectivity index (χ2n) is 4.48. The highest BCUT2D eigenvalue weighted by atomic mass is 16.5. The van der Waals surface area contributed by atoms with Crippen molar-refractivity contribution >= 4 is 5.91 Å². The van der Waals surface area contributed by atoms with E-state index in [0.29, 0.717) is 0 Å². The standard InChI is InChI=1S/C15H23NO2/c1-4-10-16(11-5-2)15(17)12-18-14-8-6-13(3)7-9-14/h6-9H,4-5,10-12H2,1-3H3. The van der Waals surface area contributed by atoms with E-state index < -0.39 is 0 Å². The van der Waals surface area contributed by atoms with Crippen molar-refractivity contribution in [3.8, 4) is 5.75 Å². The Bertz CT molecular complexity index is 353. The molecule has 0 heterocycles. The lowest BCUT2D eigenvalue weighted by atomic mass is 10.2. The van der Waals surface area contributed by atoms with Crippen LogP contribution in [0, 0.1) is 6.92 Å². The largest absolute Gasteiger partial charge is 0.484 e. The normalized spacial score (nSPS) is 10.2. The van der Waals surface area contributed by atoms with Gasteiger partial charge in [0.05, 0.1) is 0 Å². The van der Waals surface area contributed by atoms with Gasteiger partial charge >= 0.3 is 0 Å². The predicted molar refractivity (Wildman–Crippen MR) is 73.8 cm³/mol. The van der Waals surface area contributed by atoms with Crippen molar-refractivity contribution in [2.75, 3.05) is 19.7 Å². The average molecular weight is 249 g/mol. The van der Waals surface area contributed by atoms with Gasteiger partial charge in [-0.3, -0.25) is 4.79 Å². The van der Waals surface area contributed by atoms with Gasteiger partial charge in [0.2, 0.25) is 0 Å². The summed E-state index contributed by atoms with van der Waals surface area (Å²) in [5.74, 6) is 0.821. The molecule has 3 nitrogen and oxygen atoms in total. The summed E-state index contributed by atoms with van der Waals surface area (Å²) >= 11 is 0. The molecule has 0 radical (unpaired) electrons. The lowest BCUT2D eigenvalue weighted by Crippen LogP contribution is -2.36. The van der Waals surface area contributed by atoms with Gasteiger partial charge in [-0.1, -0.05) is 31.5 Å². The molecule has 0 spiro atoms. The maximum atomic E-state index is 12.0. The van der Waals surface area contributed by atoms with Crippen LogP contribution in [0.1, 0.15) is 32.3 Å². The van der Waals surface area contributed by atoms with E-state index in [1.807, 2.05) is 36.1 Å². The molecule has 18 heavy (non-hydrogen) atoms. The van der Waals surface area contributed by atoms with E-state index in [4.69, 9.17) is 4.74 Å². The summed E-state index contributed by atoms with van der Waals surface area (Å²) in [5, 5.41) is 0. The summed E-state index contributed by atoms with van der Waals surface area (Å²) in [5.41, 5.74) is 1.19. The Hall–Kier alpha value is -1.51. The minimum absolute atomic E-state index is 0.0688. The number of carbonyl (C=O) groups excluding carboxylic acids is 1. The van der Waals surface area contributed by atoms with Gasteiger partial charge in [0, 0.05) is 13.1 Å². The number of hydrogen-bond donors (Lipinski definition) is 0. The summed E-state index contributed by atoms with van der Waals surface area (Å²) in [4.78, 5) is 13.8.